The zero-order chi connectivity index (χ0) is 17.5. The van der Waals surface area contributed by atoms with Crippen LogP contribution in [0, 0.1) is 6.92 Å². The summed E-state index contributed by atoms with van der Waals surface area (Å²) in [5.41, 5.74) is 3.23. The summed E-state index contributed by atoms with van der Waals surface area (Å²) in [4.78, 5) is 0.794. The molecule has 2 aromatic carbocycles. The van der Waals surface area contributed by atoms with Crippen molar-refractivity contribution in [1.29, 1.82) is 0 Å². The summed E-state index contributed by atoms with van der Waals surface area (Å²) in [6.07, 6.45) is 1.85. The van der Waals surface area contributed by atoms with Crippen molar-refractivity contribution in [2.75, 3.05) is 0 Å². The number of para-hydroxylation sites is 1. The minimum Gasteiger partial charge on any atom is -0.452 e. The van der Waals surface area contributed by atoms with Crippen LogP contribution in [0.4, 0.5) is 0 Å². The highest BCUT2D eigenvalue weighted by Crippen LogP contribution is 2.32. The topological polar surface area (TPSA) is 56.2 Å². The van der Waals surface area contributed by atoms with Crippen LogP contribution < -0.4 is 0 Å². The van der Waals surface area contributed by atoms with Gasteiger partial charge >= 0.3 is 0 Å². The first-order valence-electron chi connectivity index (χ1n) is 8.53. The molecule has 0 radical (unpaired) electrons. The Morgan fingerprint density at radius 2 is 1.77 bits per heavy atom. The second-order valence-electron chi connectivity index (χ2n) is 6.25. The SMILES string of the molecule is Cc1c(-c2nnc3sc(CCc4ccccc4)nn23)oc2ccccc12. The van der Waals surface area contributed by atoms with Gasteiger partial charge in [-0.05, 0) is 25.0 Å². The molecule has 0 amide bonds. The molecule has 128 valence electrons. The van der Waals surface area contributed by atoms with E-state index in [0.717, 1.165) is 45.1 Å². The maximum atomic E-state index is 6.03. The van der Waals surface area contributed by atoms with E-state index >= 15 is 0 Å². The van der Waals surface area contributed by atoms with Crippen LogP contribution in [0.25, 0.3) is 27.5 Å². The summed E-state index contributed by atoms with van der Waals surface area (Å²) in [6.45, 7) is 2.05. The van der Waals surface area contributed by atoms with Crippen molar-refractivity contribution < 1.29 is 4.42 Å². The zero-order valence-corrected chi connectivity index (χ0v) is 15.0. The van der Waals surface area contributed by atoms with Gasteiger partial charge in [-0.3, -0.25) is 0 Å². The van der Waals surface area contributed by atoms with Gasteiger partial charge in [0.15, 0.2) is 5.76 Å². The van der Waals surface area contributed by atoms with E-state index in [2.05, 4.69) is 40.5 Å². The van der Waals surface area contributed by atoms with E-state index in [1.54, 1.807) is 15.9 Å². The number of benzene rings is 2. The molecule has 0 aliphatic heterocycles. The molecule has 26 heavy (non-hydrogen) atoms. The molecular formula is C20H16N4OS. The lowest BCUT2D eigenvalue weighted by Gasteiger charge is -1.97. The van der Waals surface area contributed by atoms with Crippen molar-refractivity contribution in [3.63, 3.8) is 0 Å². The summed E-state index contributed by atoms with van der Waals surface area (Å²) in [6, 6.07) is 18.5. The largest absolute Gasteiger partial charge is 0.452 e. The van der Waals surface area contributed by atoms with Crippen LogP contribution in [0.3, 0.4) is 0 Å². The van der Waals surface area contributed by atoms with E-state index in [1.807, 2.05) is 31.2 Å². The van der Waals surface area contributed by atoms with E-state index in [0.29, 0.717) is 5.82 Å². The fourth-order valence-electron chi connectivity index (χ4n) is 3.18. The fraction of sp³-hybridized carbons (Fsp3) is 0.150. The standard InChI is InChI=1S/C20H16N4OS/c1-13-15-9-5-6-10-16(15)25-18(13)19-21-22-20-24(19)23-17(26-20)12-11-14-7-3-2-4-8-14/h2-10H,11-12H2,1H3. The van der Waals surface area contributed by atoms with Gasteiger partial charge in [0.1, 0.15) is 10.6 Å². The van der Waals surface area contributed by atoms with Gasteiger partial charge in [0.05, 0.1) is 0 Å². The number of rotatable bonds is 4. The van der Waals surface area contributed by atoms with Crippen molar-refractivity contribution >= 4 is 27.3 Å². The number of hydrogen-bond acceptors (Lipinski definition) is 5. The van der Waals surface area contributed by atoms with Crippen LogP contribution in [0.15, 0.2) is 59.0 Å². The number of aryl methyl sites for hydroxylation is 3. The molecule has 0 N–H and O–H groups in total. The zero-order valence-electron chi connectivity index (χ0n) is 14.2. The van der Waals surface area contributed by atoms with Gasteiger partial charge in [-0.2, -0.15) is 9.61 Å². The molecule has 0 atom stereocenters. The van der Waals surface area contributed by atoms with Crippen molar-refractivity contribution in [3.8, 4) is 11.6 Å². The second kappa shape index (κ2) is 6.07. The fourth-order valence-corrected chi connectivity index (χ4v) is 4.02. The molecule has 0 unspecified atom stereocenters. The Balaban J connectivity index is 1.51. The average Bonchev–Trinajstić information content (AvgIpc) is 3.34. The predicted molar refractivity (Wildman–Crippen MR) is 102 cm³/mol. The first kappa shape index (κ1) is 15.3. The molecule has 3 heterocycles. The number of nitrogens with zero attached hydrogens (tertiary/aromatic N) is 4. The molecule has 6 heteroatoms. The molecule has 0 saturated carbocycles. The third kappa shape index (κ3) is 2.50. The first-order valence-corrected chi connectivity index (χ1v) is 9.35. The summed E-state index contributed by atoms with van der Waals surface area (Å²) in [7, 11) is 0. The van der Waals surface area contributed by atoms with Gasteiger partial charge in [0.2, 0.25) is 10.8 Å². The maximum Gasteiger partial charge on any atom is 0.235 e. The molecule has 5 rings (SSSR count). The molecule has 3 aromatic heterocycles. The summed E-state index contributed by atoms with van der Waals surface area (Å²) in [5, 5.41) is 15.5. The van der Waals surface area contributed by atoms with Crippen LogP contribution in [0.5, 0.6) is 0 Å². The third-order valence-electron chi connectivity index (χ3n) is 4.55. The minimum absolute atomic E-state index is 0.663. The second-order valence-corrected chi connectivity index (χ2v) is 7.29. The van der Waals surface area contributed by atoms with Crippen molar-refractivity contribution in [2.24, 2.45) is 0 Å². The Kier molecular flexibility index (Phi) is 3.57. The molecule has 0 saturated heterocycles. The molecule has 0 aliphatic rings. The monoisotopic (exact) mass is 360 g/mol. The van der Waals surface area contributed by atoms with Gasteiger partial charge in [-0.1, -0.05) is 59.9 Å². The van der Waals surface area contributed by atoms with E-state index < -0.39 is 0 Å². The number of aromatic nitrogens is 4. The Bertz CT molecular complexity index is 1200. The van der Waals surface area contributed by atoms with E-state index in [4.69, 9.17) is 9.52 Å². The quantitative estimate of drug-likeness (QED) is 0.466. The van der Waals surface area contributed by atoms with Gasteiger partial charge in [0, 0.05) is 17.4 Å². The lowest BCUT2D eigenvalue weighted by molar-refractivity contribution is 0.619. The average molecular weight is 360 g/mol. The molecular weight excluding hydrogens is 344 g/mol. The Hall–Kier alpha value is -2.99. The first-order chi connectivity index (χ1) is 12.8. The lowest BCUT2D eigenvalue weighted by atomic mass is 10.1. The van der Waals surface area contributed by atoms with Crippen molar-refractivity contribution in [1.82, 2.24) is 19.8 Å². The van der Waals surface area contributed by atoms with E-state index in [-0.39, 0.29) is 0 Å². The Morgan fingerprint density at radius 3 is 2.62 bits per heavy atom. The van der Waals surface area contributed by atoms with Gasteiger partial charge in [0.25, 0.3) is 0 Å². The normalized spacial score (nSPS) is 11.6. The van der Waals surface area contributed by atoms with Gasteiger partial charge in [-0.15, -0.1) is 10.2 Å². The highest BCUT2D eigenvalue weighted by atomic mass is 32.1. The van der Waals surface area contributed by atoms with Crippen LogP contribution >= 0.6 is 11.3 Å². The van der Waals surface area contributed by atoms with E-state index in [1.165, 1.54) is 5.56 Å². The van der Waals surface area contributed by atoms with Crippen LogP contribution in [0.1, 0.15) is 16.1 Å². The summed E-state index contributed by atoms with van der Waals surface area (Å²) in [5.74, 6) is 1.40. The van der Waals surface area contributed by atoms with Crippen molar-refractivity contribution in [3.05, 3.63) is 70.7 Å². The molecule has 0 aliphatic carbocycles. The highest BCUT2D eigenvalue weighted by molar-refractivity contribution is 7.16. The van der Waals surface area contributed by atoms with Crippen LogP contribution in [-0.2, 0) is 12.8 Å². The predicted octanol–water partition coefficient (Wildman–Crippen LogP) is 4.69. The minimum atomic E-state index is 0.663. The number of fused-ring (bicyclic) bond motifs is 2. The molecule has 5 aromatic rings. The third-order valence-corrected chi connectivity index (χ3v) is 5.51. The smallest absolute Gasteiger partial charge is 0.235 e. The van der Waals surface area contributed by atoms with Crippen LogP contribution in [0.2, 0.25) is 0 Å². The summed E-state index contributed by atoms with van der Waals surface area (Å²) >= 11 is 1.58. The molecule has 0 spiro atoms. The molecule has 0 bridgehead atoms. The lowest BCUT2D eigenvalue weighted by Crippen LogP contribution is -1.95. The highest BCUT2D eigenvalue weighted by Gasteiger charge is 2.20. The molecule has 5 nitrogen and oxygen atoms in total. The molecule has 0 fully saturated rings. The maximum absolute atomic E-state index is 6.03. The van der Waals surface area contributed by atoms with Gasteiger partial charge in [-0.25, -0.2) is 0 Å². The van der Waals surface area contributed by atoms with Crippen LogP contribution in [-0.4, -0.2) is 19.8 Å². The van der Waals surface area contributed by atoms with E-state index in [9.17, 15) is 0 Å². The number of hydrogen-bond donors (Lipinski definition) is 0. The summed E-state index contributed by atoms with van der Waals surface area (Å²) < 4.78 is 7.83. The number of furan rings is 1. The Labute approximate surface area is 153 Å². The Morgan fingerprint density at radius 1 is 0.962 bits per heavy atom. The van der Waals surface area contributed by atoms with Gasteiger partial charge < -0.3 is 4.42 Å². The van der Waals surface area contributed by atoms with Crippen molar-refractivity contribution in [2.45, 2.75) is 19.8 Å².